The molecule has 3 rings (SSSR count). The van der Waals surface area contributed by atoms with Crippen molar-refractivity contribution in [3.8, 4) is 40.1 Å². The number of aromatic hydroxyl groups is 5. The second-order valence-electron chi connectivity index (χ2n) is 4.59. The molecule has 0 aliphatic carbocycles. The quantitative estimate of drug-likeness (QED) is 0.343. The third kappa shape index (κ3) is 1.80. The zero-order valence-electron chi connectivity index (χ0n) is 10.9. The van der Waals surface area contributed by atoms with Gasteiger partial charge in [-0.2, -0.15) is 0 Å². The maximum absolute atomic E-state index is 12.2. The number of fused-ring (bicyclic) bond motifs is 1. The van der Waals surface area contributed by atoms with E-state index in [1.54, 1.807) is 6.07 Å². The standard InChI is InChI=1S/C15H10O7/c16-7-4-2-1-3-6(7)14-13(21)12(20)10-8(17)5-9(18)11(19)15(10)22-14/h1-5,16-19,21H. The number of hydrogen-bond donors (Lipinski definition) is 5. The molecule has 22 heavy (non-hydrogen) atoms. The van der Waals surface area contributed by atoms with E-state index in [9.17, 15) is 30.3 Å². The van der Waals surface area contributed by atoms with E-state index in [0.29, 0.717) is 0 Å². The van der Waals surface area contributed by atoms with Gasteiger partial charge in [0.25, 0.3) is 0 Å². The number of phenols is 4. The first-order valence-electron chi connectivity index (χ1n) is 6.14. The lowest BCUT2D eigenvalue weighted by atomic mass is 10.1. The number of rotatable bonds is 1. The van der Waals surface area contributed by atoms with E-state index in [0.717, 1.165) is 6.07 Å². The average Bonchev–Trinajstić information content (AvgIpc) is 2.48. The fourth-order valence-corrected chi connectivity index (χ4v) is 2.16. The molecule has 7 heteroatoms. The van der Waals surface area contributed by atoms with Crippen LogP contribution in [0.25, 0.3) is 22.3 Å². The maximum atomic E-state index is 12.2. The van der Waals surface area contributed by atoms with Crippen molar-refractivity contribution in [2.75, 3.05) is 0 Å². The maximum Gasteiger partial charge on any atom is 0.238 e. The number of benzene rings is 2. The van der Waals surface area contributed by atoms with Crippen LogP contribution in [0.1, 0.15) is 0 Å². The molecule has 0 aliphatic heterocycles. The van der Waals surface area contributed by atoms with Crippen LogP contribution < -0.4 is 5.43 Å². The van der Waals surface area contributed by atoms with Gasteiger partial charge >= 0.3 is 0 Å². The van der Waals surface area contributed by atoms with E-state index >= 15 is 0 Å². The van der Waals surface area contributed by atoms with Gasteiger partial charge in [-0.15, -0.1) is 0 Å². The summed E-state index contributed by atoms with van der Waals surface area (Å²) in [5, 5.41) is 48.3. The molecule has 0 radical (unpaired) electrons. The Balaban J connectivity index is 2.50. The van der Waals surface area contributed by atoms with Gasteiger partial charge < -0.3 is 29.9 Å². The normalized spacial score (nSPS) is 10.9. The van der Waals surface area contributed by atoms with Crippen LogP contribution in [0.2, 0.25) is 0 Å². The van der Waals surface area contributed by atoms with Crippen molar-refractivity contribution in [1.82, 2.24) is 0 Å². The van der Waals surface area contributed by atoms with Crippen LogP contribution >= 0.6 is 0 Å². The van der Waals surface area contributed by atoms with Crippen molar-refractivity contribution in [2.45, 2.75) is 0 Å². The zero-order valence-corrected chi connectivity index (χ0v) is 10.9. The van der Waals surface area contributed by atoms with Crippen LogP contribution in [-0.2, 0) is 0 Å². The Morgan fingerprint density at radius 3 is 2.18 bits per heavy atom. The van der Waals surface area contributed by atoms with E-state index in [1.807, 2.05) is 0 Å². The van der Waals surface area contributed by atoms with Gasteiger partial charge in [-0.3, -0.25) is 4.79 Å². The molecule has 0 saturated heterocycles. The van der Waals surface area contributed by atoms with Crippen LogP contribution in [0.15, 0.2) is 39.5 Å². The molecule has 0 bridgehead atoms. The number of phenolic OH excluding ortho intramolecular Hbond substituents is 4. The van der Waals surface area contributed by atoms with Gasteiger partial charge in [0.1, 0.15) is 16.9 Å². The minimum Gasteiger partial charge on any atom is -0.507 e. The summed E-state index contributed by atoms with van der Waals surface area (Å²) in [5.41, 5.74) is -1.49. The monoisotopic (exact) mass is 302 g/mol. The Kier molecular flexibility index (Phi) is 2.84. The molecule has 0 atom stereocenters. The van der Waals surface area contributed by atoms with Crippen LogP contribution in [0.3, 0.4) is 0 Å². The second-order valence-corrected chi connectivity index (χ2v) is 4.59. The Morgan fingerprint density at radius 1 is 0.818 bits per heavy atom. The Hall–Kier alpha value is -3.35. The van der Waals surface area contributed by atoms with Gasteiger partial charge in [0, 0.05) is 6.07 Å². The highest BCUT2D eigenvalue weighted by Crippen LogP contribution is 2.42. The molecule has 0 amide bonds. The highest BCUT2D eigenvalue weighted by atomic mass is 16.4. The van der Waals surface area contributed by atoms with Crippen LogP contribution in [0, 0.1) is 0 Å². The van der Waals surface area contributed by atoms with Gasteiger partial charge in [0.2, 0.25) is 16.9 Å². The molecule has 0 saturated carbocycles. The average molecular weight is 302 g/mol. The van der Waals surface area contributed by atoms with Crippen molar-refractivity contribution in [2.24, 2.45) is 0 Å². The molecular weight excluding hydrogens is 292 g/mol. The molecule has 0 spiro atoms. The summed E-state index contributed by atoms with van der Waals surface area (Å²) in [7, 11) is 0. The van der Waals surface area contributed by atoms with Crippen molar-refractivity contribution >= 4 is 11.0 Å². The van der Waals surface area contributed by atoms with Crippen molar-refractivity contribution < 1.29 is 29.9 Å². The van der Waals surface area contributed by atoms with Crippen LogP contribution in [0.4, 0.5) is 0 Å². The molecule has 2 aromatic carbocycles. The molecule has 0 aliphatic rings. The van der Waals surface area contributed by atoms with Gasteiger partial charge in [-0.05, 0) is 12.1 Å². The number of hydrogen-bond acceptors (Lipinski definition) is 7. The van der Waals surface area contributed by atoms with E-state index in [4.69, 9.17) is 4.42 Å². The van der Waals surface area contributed by atoms with Crippen molar-refractivity contribution in [3.05, 3.63) is 40.6 Å². The highest BCUT2D eigenvalue weighted by molar-refractivity contribution is 5.93. The predicted octanol–water partition coefficient (Wildman–Crippen LogP) is 1.99. The summed E-state index contributed by atoms with van der Waals surface area (Å²) in [4.78, 5) is 12.2. The topological polar surface area (TPSA) is 131 Å². The van der Waals surface area contributed by atoms with Gasteiger partial charge in [-0.25, -0.2) is 0 Å². The number of para-hydroxylation sites is 1. The van der Waals surface area contributed by atoms with E-state index < -0.39 is 45.2 Å². The lowest BCUT2D eigenvalue weighted by molar-refractivity contribution is 0.390. The SMILES string of the molecule is O=c1c(O)c(-c2ccccc2O)oc2c(O)c(O)cc(O)c12. The van der Waals surface area contributed by atoms with E-state index in [-0.39, 0.29) is 11.3 Å². The van der Waals surface area contributed by atoms with Crippen molar-refractivity contribution in [1.29, 1.82) is 0 Å². The molecule has 1 aromatic heterocycles. The molecule has 0 fully saturated rings. The summed E-state index contributed by atoms with van der Waals surface area (Å²) >= 11 is 0. The molecule has 1 heterocycles. The highest BCUT2D eigenvalue weighted by Gasteiger charge is 2.23. The molecular formula is C15H10O7. The van der Waals surface area contributed by atoms with Crippen LogP contribution in [0.5, 0.6) is 28.7 Å². The first-order valence-corrected chi connectivity index (χ1v) is 6.14. The lowest BCUT2D eigenvalue weighted by Gasteiger charge is -2.09. The molecule has 112 valence electrons. The third-order valence-electron chi connectivity index (χ3n) is 3.22. The van der Waals surface area contributed by atoms with E-state index in [1.165, 1.54) is 18.2 Å². The Labute approximate surface area is 122 Å². The molecule has 0 unspecified atom stereocenters. The zero-order chi connectivity index (χ0) is 16.0. The van der Waals surface area contributed by atoms with Crippen LogP contribution in [-0.4, -0.2) is 25.5 Å². The first kappa shape index (κ1) is 13.6. The van der Waals surface area contributed by atoms with Gasteiger partial charge in [-0.1, -0.05) is 12.1 Å². The Morgan fingerprint density at radius 2 is 1.50 bits per heavy atom. The summed E-state index contributed by atoms with van der Waals surface area (Å²) in [6, 6.07) is 6.54. The minimum atomic E-state index is -1.01. The fraction of sp³-hybridized carbons (Fsp3) is 0. The smallest absolute Gasteiger partial charge is 0.238 e. The third-order valence-corrected chi connectivity index (χ3v) is 3.22. The fourth-order valence-electron chi connectivity index (χ4n) is 2.16. The summed E-state index contributed by atoms with van der Waals surface area (Å²) in [5.74, 6) is -3.60. The van der Waals surface area contributed by atoms with Gasteiger partial charge in [0.05, 0.1) is 5.56 Å². The predicted molar refractivity (Wildman–Crippen MR) is 76.2 cm³/mol. The summed E-state index contributed by atoms with van der Waals surface area (Å²) in [6.07, 6.45) is 0. The van der Waals surface area contributed by atoms with Gasteiger partial charge in [0.15, 0.2) is 17.1 Å². The summed E-state index contributed by atoms with van der Waals surface area (Å²) in [6.45, 7) is 0. The molecule has 7 nitrogen and oxygen atoms in total. The Bertz CT molecular complexity index is 956. The largest absolute Gasteiger partial charge is 0.507 e. The lowest BCUT2D eigenvalue weighted by Crippen LogP contribution is -2.03. The second kappa shape index (κ2) is 4.59. The van der Waals surface area contributed by atoms with Crippen molar-refractivity contribution in [3.63, 3.8) is 0 Å². The minimum absolute atomic E-state index is 0.0150. The molecule has 3 aromatic rings. The first-order chi connectivity index (χ1) is 10.4. The summed E-state index contributed by atoms with van der Waals surface area (Å²) < 4.78 is 5.25. The van der Waals surface area contributed by atoms with E-state index in [2.05, 4.69) is 0 Å². The molecule has 5 N–H and O–H groups in total.